The van der Waals surface area contributed by atoms with Crippen molar-refractivity contribution in [3.8, 4) is 0 Å². The van der Waals surface area contributed by atoms with E-state index in [4.69, 9.17) is 10.2 Å². The monoisotopic (exact) mass is 267 g/mol. The maximum atomic E-state index is 12.8. The molecule has 1 aliphatic heterocycles. The lowest BCUT2D eigenvalue weighted by Gasteiger charge is -2.37. The molecule has 1 aromatic rings. The fraction of sp³-hybridized carbons (Fsp3) is 0.385. The summed E-state index contributed by atoms with van der Waals surface area (Å²) in [6, 6.07) is 5.85. The molecule has 0 spiro atoms. The summed E-state index contributed by atoms with van der Waals surface area (Å²) >= 11 is 0. The number of carboxylic acids is 2. The first-order chi connectivity index (χ1) is 8.95. The van der Waals surface area contributed by atoms with Gasteiger partial charge in [0.1, 0.15) is 5.82 Å². The van der Waals surface area contributed by atoms with E-state index < -0.39 is 17.4 Å². The van der Waals surface area contributed by atoms with Crippen LogP contribution in [0.5, 0.6) is 0 Å². The third-order valence-corrected chi connectivity index (χ3v) is 3.63. The van der Waals surface area contributed by atoms with Gasteiger partial charge in [0.15, 0.2) is 5.41 Å². The van der Waals surface area contributed by atoms with Gasteiger partial charge in [-0.15, -0.1) is 0 Å². The standard InChI is InChI=1S/C13H14FNO4/c14-9-1-3-10(4-2-9)15-7-5-13(6-8-15,11(16)17)12(18)19/h1-4H,5-8H2,(H,16,17)(H,18,19). The van der Waals surface area contributed by atoms with E-state index in [2.05, 4.69) is 0 Å². The fourth-order valence-electron chi connectivity index (χ4n) is 2.32. The predicted molar refractivity (Wildman–Crippen MR) is 65.6 cm³/mol. The van der Waals surface area contributed by atoms with Crippen LogP contribution in [0.2, 0.25) is 0 Å². The number of carboxylic acid groups (broad SMARTS) is 2. The quantitative estimate of drug-likeness (QED) is 0.813. The lowest BCUT2D eigenvalue weighted by Crippen LogP contribution is -2.49. The highest BCUT2D eigenvalue weighted by atomic mass is 19.1. The Hall–Kier alpha value is -2.11. The van der Waals surface area contributed by atoms with Gasteiger partial charge in [-0.05, 0) is 37.1 Å². The Morgan fingerprint density at radius 3 is 1.95 bits per heavy atom. The number of halogens is 1. The van der Waals surface area contributed by atoms with Crippen molar-refractivity contribution in [1.82, 2.24) is 0 Å². The average Bonchev–Trinajstić information content (AvgIpc) is 2.39. The second-order valence-electron chi connectivity index (χ2n) is 4.66. The number of benzene rings is 1. The minimum absolute atomic E-state index is 0.0367. The van der Waals surface area contributed by atoms with Crippen LogP contribution in [0.3, 0.4) is 0 Å². The van der Waals surface area contributed by atoms with E-state index in [-0.39, 0.29) is 18.7 Å². The third-order valence-electron chi connectivity index (χ3n) is 3.63. The summed E-state index contributed by atoms with van der Waals surface area (Å²) in [5, 5.41) is 18.2. The Balaban J connectivity index is 2.12. The van der Waals surface area contributed by atoms with Crippen LogP contribution in [0.25, 0.3) is 0 Å². The van der Waals surface area contributed by atoms with Gasteiger partial charge in [-0.1, -0.05) is 0 Å². The number of nitrogens with zero attached hydrogens (tertiary/aromatic N) is 1. The number of piperidine rings is 1. The van der Waals surface area contributed by atoms with Gasteiger partial charge < -0.3 is 15.1 Å². The van der Waals surface area contributed by atoms with Crippen LogP contribution in [0.15, 0.2) is 24.3 Å². The van der Waals surface area contributed by atoms with E-state index in [1.54, 1.807) is 12.1 Å². The molecule has 102 valence electrons. The van der Waals surface area contributed by atoms with Gasteiger partial charge in [0.05, 0.1) is 0 Å². The molecule has 0 amide bonds. The van der Waals surface area contributed by atoms with Crippen molar-refractivity contribution < 1.29 is 24.2 Å². The van der Waals surface area contributed by atoms with Gasteiger partial charge in [-0.2, -0.15) is 0 Å². The molecular formula is C13H14FNO4. The molecule has 0 bridgehead atoms. The van der Waals surface area contributed by atoms with E-state index in [0.29, 0.717) is 13.1 Å². The Bertz CT molecular complexity index is 476. The molecule has 19 heavy (non-hydrogen) atoms. The SMILES string of the molecule is O=C(O)C1(C(=O)O)CCN(c2ccc(F)cc2)CC1. The van der Waals surface area contributed by atoms with E-state index in [1.807, 2.05) is 4.90 Å². The van der Waals surface area contributed by atoms with Gasteiger partial charge in [0, 0.05) is 18.8 Å². The van der Waals surface area contributed by atoms with E-state index >= 15 is 0 Å². The van der Waals surface area contributed by atoms with E-state index in [0.717, 1.165) is 5.69 Å². The van der Waals surface area contributed by atoms with Crippen LogP contribution >= 0.6 is 0 Å². The normalized spacial score (nSPS) is 18.1. The third kappa shape index (κ3) is 2.38. The maximum absolute atomic E-state index is 12.8. The summed E-state index contributed by atoms with van der Waals surface area (Å²) in [6.45, 7) is 0.647. The molecule has 5 nitrogen and oxygen atoms in total. The molecule has 0 saturated carbocycles. The Kier molecular flexibility index (Phi) is 3.42. The Morgan fingerprint density at radius 2 is 1.53 bits per heavy atom. The zero-order valence-electron chi connectivity index (χ0n) is 10.2. The molecule has 0 unspecified atom stereocenters. The zero-order chi connectivity index (χ0) is 14.0. The summed E-state index contributed by atoms with van der Waals surface area (Å²) in [5.74, 6) is -2.93. The summed E-state index contributed by atoms with van der Waals surface area (Å²) in [6.07, 6.45) is 0.0735. The van der Waals surface area contributed by atoms with Gasteiger partial charge in [-0.25, -0.2) is 4.39 Å². The van der Waals surface area contributed by atoms with Crippen LogP contribution in [0.4, 0.5) is 10.1 Å². The van der Waals surface area contributed by atoms with Crippen molar-refractivity contribution in [2.75, 3.05) is 18.0 Å². The molecule has 2 rings (SSSR count). The van der Waals surface area contributed by atoms with Gasteiger partial charge in [0.2, 0.25) is 0 Å². The van der Waals surface area contributed by atoms with E-state index in [1.165, 1.54) is 12.1 Å². The van der Waals surface area contributed by atoms with Crippen LogP contribution < -0.4 is 4.90 Å². The van der Waals surface area contributed by atoms with E-state index in [9.17, 15) is 14.0 Å². The summed E-state index contributed by atoms with van der Waals surface area (Å²) in [5.41, 5.74) is -0.929. The second kappa shape index (κ2) is 4.87. The molecule has 1 heterocycles. The summed E-state index contributed by atoms with van der Waals surface area (Å²) in [4.78, 5) is 24.2. The van der Waals surface area contributed by atoms with Crippen molar-refractivity contribution in [2.24, 2.45) is 5.41 Å². The van der Waals surface area contributed by atoms with Crippen molar-refractivity contribution in [3.63, 3.8) is 0 Å². The number of rotatable bonds is 3. The Labute approximate surface area is 109 Å². The lowest BCUT2D eigenvalue weighted by molar-refractivity contribution is -0.166. The van der Waals surface area contributed by atoms with Crippen LogP contribution in [-0.4, -0.2) is 35.2 Å². The first kappa shape index (κ1) is 13.3. The smallest absolute Gasteiger partial charge is 0.321 e. The highest BCUT2D eigenvalue weighted by molar-refractivity contribution is 5.98. The van der Waals surface area contributed by atoms with Crippen molar-refractivity contribution in [1.29, 1.82) is 0 Å². The first-order valence-electron chi connectivity index (χ1n) is 5.93. The molecule has 1 aromatic carbocycles. The van der Waals surface area contributed by atoms with Gasteiger partial charge in [0.25, 0.3) is 0 Å². The van der Waals surface area contributed by atoms with Gasteiger partial charge >= 0.3 is 11.9 Å². The van der Waals surface area contributed by atoms with Crippen molar-refractivity contribution in [3.05, 3.63) is 30.1 Å². The number of carbonyl (C=O) groups is 2. The molecule has 0 atom stereocenters. The molecule has 1 saturated heterocycles. The zero-order valence-corrected chi connectivity index (χ0v) is 10.2. The number of hydrogen-bond acceptors (Lipinski definition) is 3. The molecule has 0 aliphatic carbocycles. The number of anilines is 1. The van der Waals surface area contributed by atoms with Crippen LogP contribution in [0, 0.1) is 11.2 Å². The van der Waals surface area contributed by atoms with Crippen LogP contribution in [0.1, 0.15) is 12.8 Å². The highest BCUT2D eigenvalue weighted by Gasteiger charge is 2.48. The molecular weight excluding hydrogens is 253 g/mol. The summed E-state index contributed by atoms with van der Waals surface area (Å²) < 4.78 is 12.8. The lowest BCUT2D eigenvalue weighted by atomic mass is 9.78. The molecule has 1 aliphatic rings. The first-order valence-corrected chi connectivity index (χ1v) is 5.93. The predicted octanol–water partition coefficient (Wildman–Crippen LogP) is 1.58. The Morgan fingerprint density at radius 1 is 1.05 bits per heavy atom. The highest BCUT2D eigenvalue weighted by Crippen LogP contribution is 2.34. The summed E-state index contributed by atoms with van der Waals surface area (Å²) in [7, 11) is 0. The van der Waals surface area contributed by atoms with Crippen LogP contribution in [-0.2, 0) is 9.59 Å². The number of aliphatic carboxylic acids is 2. The second-order valence-corrected chi connectivity index (χ2v) is 4.66. The molecule has 2 N–H and O–H groups in total. The maximum Gasteiger partial charge on any atom is 0.321 e. The molecule has 1 fully saturated rings. The molecule has 6 heteroatoms. The van der Waals surface area contributed by atoms with Crippen molar-refractivity contribution in [2.45, 2.75) is 12.8 Å². The topological polar surface area (TPSA) is 77.8 Å². The molecule has 0 aromatic heterocycles. The average molecular weight is 267 g/mol. The fourth-order valence-corrected chi connectivity index (χ4v) is 2.32. The largest absolute Gasteiger partial charge is 0.480 e. The number of hydrogen-bond donors (Lipinski definition) is 2. The molecule has 0 radical (unpaired) electrons. The minimum atomic E-state index is -1.70. The minimum Gasteiger partial charge on any atom is -0.480 e. The van der Waals surface area contributed by atoms with Gasteiger partial charge in [-0.3, -0.25) is 9.59 Å². The van der Waals surface area contributed by atoms with Crippen molar-refractivity contribution >= 4 is 17.6 Å².